The summed E-state index contributed by atoms with van der Waals surface area (Å²) in [6.07, 6.45) is 1.53. The van der Waals surface area contributed by atoms with Crippen molar-refractivity contribution in [3.8, 4) is 0 Å². The lowest BCUT2D eigenvalue weighted by Crippen LogP contribution is -2.07. The van der Waals surface area contributed by atoms with Gasteiger partial charge < -0.3 is 4.74 Å². The van der Waals surface area contributed by atoms with E-state index in [2.05, 4.69) is 13.2 Å². The second-order valence-electron chi connectivity index (χ2n) is 2.56. The summed E-state index contributed by atoms with van der Waals surface area (Å²) in [4.78, 5) is 11.3. The number of carbonyl (C=O) groups is 1. The zero-order valence-electron chi connectivity index (χ0n) is 7.85. The van der Waals surface area contributed by atoms with Crippen LogP contribution in [0.15, 0.2) is 24.5 Å². The number of allylic oxidation sites excluding steroid dienone is 1. The van der Waals surface area contributed by atoms with E-state index in [-0.39, 0.29) is 11.5 Å². The van der Waals surface area contributed by atoms with E-state index in [9.17, 15) is 4.79 Å². The van der Waals surface area contributed by atoms with Crippen molar-refractivity contribution in [1.82, 2.24) is 0 Å². The Morgan fingerprint density at radius 3 is 2.33 bits per heavy atom. The lowest BCUT2D eigenvalue weighted by atomic mass is 10.1. The van der Waals surface area contributed by atoms with E-state index in [1.54, 1.807) is 0 Å². The van der Waals surface area contributed by atoms with E-state index < -0.39 is 0 Å². The van der Waals surface area contributed by atoms with E-state index in [4.69, 9.17) is 4.74 Å². The van der Waals surface area contributed by atoms with Crippen molar-refractivity contribution in [3.05, 3.63) is 24.5 Å². The molecular weight excluding hydrogens is 152 g/mol. The highest BCUT2D eigenvalue weighted by Crippen LogP contribution is 2.07. The fourth-order valence-electron chi connectivity index (χ4n) is 0.649. The number of ketones is 1. The monoisotopic (exact) mass is 168 g/mol. The summed E-state index contributed by atoms with van der Waals surface area (Å²) in [7, 11) is 0. The molecule has 0 unspecified atom stereocenters. The van der Waals surface area contributed by atoms with E-state index in [1.807, 2.05) is 13.8 Å². The quantitative estimate of drug-likeness (QED) is 0.450. The maximum absolute atomic E-state index is 11.3. The van der Waals surface area contributed by atoms with Crippen molar-refractivity contribution in [2.24, 2.45) is 0 Å². The SMILES string of the molecule is C=C(CC)C(=O)C(=C)OCCC. The van der Waals surface area contributed by atoms with Crippen molar-refractivity contribution < 1.29 is 9.53 Å². The molecule has 0 aliphatic heterocycles. The molecule has 68 valence electrons. The molecule has 0 bridgehead atoms. The van der Waals surface area contributed by atoms with Gasteiger partial charge in [-0.15, -0.1) is 0 Å². The molecule has 0 saturated heterocycles. The van der Waals surface area contributed by atoms with Crippen LogP contribution in [0, 0.1) is 0 Å². The summed E-state index contributed by atoms with van der Waals surface area (Å²) >= 11 is 0. The minimum Gasteiger partial charge on any atom is -0.490 e. The molecule has 0 aliphatic carbocycles. The van der Waals surface area contributed by atoms with E-state index >= 15 is 0 Å². The summed E-state index contributed by atoms with van der Waals surface area (Å²) in [6, 6.07) is 0. The van der Waals surface area contributed by atoms with Gasteiger partial charge in [-0.1, -0.05) is 27.0 Å². The molecule has 0 atom stereocenters. The number of rotatable bonds is 6. The molecule has 0 spiro atoms. The van der Waals surface area contributed by atoms with Gasteiger partial charge in [0.1, 0.15) is 0 Å². The third-order valence-corrected chi connectivity index (χ3v) is 1.48. The van der Waals surface area contributed by atoms with Crippen molar-refractivity contribution in [2.45, 2.75) is 26.7 Å². The van der Waals surface area contributed by atoms with Crippen LogP contribution in [0.25, 0.3) is 0 Å². The Kier molecular flexibility index (Phi) is 5.09. The molecule has 2 nitrogen and oxygen atoms in total. The minimum absolute atomic E-state index is 0.161. The van der Waals surface area contributed by atoms with Gasteiger partial charge in [0.05, 0.1) is 6.61 Å². The molecule has 0 fully saturated rings. The number of carbonyl (C=O) groups excluding carboxylic acids is 1. The first-order chi connectivity index (χ1) is 5.63. The number of ether oxygens (including phenoxy) is 1. The first-order valence-electron chi connectivity index (χ1n) is 4.17. The zero-order chi connectivity index (χ0) is 9.56. The van der Waals surface area contributed by atoms with Crippen molar-refractivity contribution in [3.63, 3.8) is 0 Å². The Labute approximate surface area is 73.9 Å². The maximum Gasteiger partial charge on any atom is 0.222 e. The summed E-state index contributed by atoms with van der Waals surface area (Å²) in [5.41, 5.74) is 0.552. The van der Waals surface area contributed by atoms with Gasteiger partial charge in [-0.2, -0.15) is 0 Å². The van der Waals surface area contributed by atoms with Crippen molar-refractivity contribution in [2.75, 3.05) is 6.61 Å². The van der Waals surface area contributed by atoms with Gasteiger partial charge in [-0.3, -0.25) is 4.79 Å². The Balaban J connectivity index is 3.93. The van der Waals surface area contributed by atoms with E-state index in [0.717, 1.165) is 6.42 Å². The predicted octanol–water partition coefficient (Wildman–Crippen LogP) is 2.46. The minimum atomic E-state index is -0.161. The highest BCUT2D eigenvalue weighted by molar-refractivity contribution is 6.05. The van der Waals surface area contributed by atoms with Crippen LogP contribution in [0.5, 0.6) is 0 Å². The normalized spacial score (nSPS) is 9.17. The second kappa shape index (κ2) is 5.58. The molecule has 12 heavy (non-hydrogen) atoms. The molecule has 0 saturated carbocycles. The summed E-state index contributed by atoms with van der Waals surface area (Å²) in [5.74, 6) is 0.0506. The number of hydrogen-bond acceptors (Lipinski definition) is 2. The van der Waals surface area contributed by atoms with Crippen molar-refractivity contribution >= 4 is 5.78 Å². The lowest BCUT2D eigenvalue weighted by molar-refractivity contribution is -0.115. The van der Waals surface area contributed by atoms with Gasteiger partial charge in [-0.05, 0) is 18.4 Å². The van der Waals surface area contributed by atoms with Gasteiger partial charge in [0, 0.05) is 0 Å². The third kappa shape index (κ3) is 3.37. The first-order valence-corrected chi connectivity index (χ1v) is 4.17. The van der Waals surface area contributed by atoms with Gasteiger partial charge >= 0.3 is 0 Å². The van der Waals surface area contributed by atoms with Crippen molar-refractivity contribution in [1.29, 1.82) is 0 Å². The third-order valence-electron chi connectivity index (χ3n) is 1.48. The largest absolute Gasteiger partial charge is 0.490 e. The highest BCUT2D eigenvalue weighted by Gasteiger charge is 2.09. The van der Waals surface area contributed by atoms with Crippen LogP contribution < -0.4 is 0 Å². The highest BCUT2D eigenvalue weighted by atomic mass is 16.5. The average molecular weight is 168 g/mol. The molecule has 0 aromatic carbocycles. The molecule has 0 N–H and O–H groups in total. The standard InChI is InChI=1S/C10H16O2/c1-5-7-12-9(4)10(11)8(3)6-2/h3-7H2,1-2H3. The molecule has 0 aliphatic rings. The lowest BCUT2D eigenvalue weighted by Gasteiger charge is -2.06. The molecule has 0 amide bonds. The Hall–Kier alpha value is -1.05. The van der Waals surface area contributed by atoms with Crippen LogP contribution in [0.1, 0.15) is 26.7 Å². The Morgan fingerprint density at radius 1 is 1.33 bits per heavy atom. The van der Waals surface area contributed by atoms with Gasteiger partial charge in [0.2, 0.25) is 5.78 Å². The molecule has 0 heterocycles. The van der Waals surface area contributed by atoms with Gasteiger partial charge in [0.25, 0.3) is 0 Å². The number of Topliss-reactive ketones (excluding diaryl/α,β-unsaturated/α-hetero) is 1. The van der Waals surface area contributed by atoms with Crippen LogP contribution in [0.3, 0.4) is 0 Å². The van der Waals surface area contributed by atoms with Crippen LogP contribution >= 0.6 is 0 Å². The fourth-order valence-corrected chi connectivity index (χ4v) is 0.649. The Bertz CT molecular complexity index is 192. The molecule has 0 aromatic heterocycles. The zero-order valence-corrected chi connectivity index (χ0v) is 7.85. The molecule has 0 rings (SSSR count). The molecule has 0 aromatic rings. The van der Waals surface area contributed by atoms with Crippen LogP contribution in [0.2, 0.25) is 0 Å². The summed E-state index contributed by atoms with van der Waals surface area (Å²) < 4.78 is 5.07. The smallest absolute Gasteiger partial charge is 0.222 e. The van der Waals surface area contributed by atoms with Gasteiger partial charge in [-0.25, -0.2) is 0 Å². The first kappa shape index (κ1) is 11.0. The molecule has 2 heteroatoms. The predicted molar refractivity (Wildman–Crippen MR) is 49.8 cm³/mol. The maximum atomic E-state index is 11.3. The molecule has 0 radical (unpaired) electrons. The second-order valence-corrected chi connectivity index (χ2v) is 2.56. The fraction of sp³-hybridized carbons (Fsp3) is 0.500. The van der Waals surface area contributed by atoms with Crippen LogP contribution in [0.4, 0.5) is 0 Å². The Morgan fingerprint density at radius 2 is 1.92 bits per heavy atom. The van der Waals surface area contributed by atoms with E-state index in [1.165, 1.54) is 0 Å². The topological polar surface area (TPSA) is 26.3 Å². The molecular formula is C10H16O2. The van der Waals surface area contributed by atoms with Crippen LogP contribution in [-0.4, -0.2) is 12.4 Å². The van der Waals surface area contributed by atoms with E-state index in [0.29, 0.717) is 18.6 Å². The summed E-state index contributed by atoms with van der Waals surface area (Å²) in [5, 5.41) is 0. The summed E-state index contributed by atoms with van der Waals surface area (Å²) in [6.45, 7) is 11.5. The number of hydrogen-bond donors (Lipinski definition) is 0. The van der Waals surface area contributed by atoms with Crippen LogP contribution in [-0.2, 0) is 9.53 Å². The van der Waals surface area contributed by atoms with Gasteiger partial charge in [0.15, 0.2) is 5.76 Å². The average Bonchev–Trinajstić information content (AvgIpc) is 2.11.